The molecule has 1 aromatic heterocycles. The molecule has 1 heterocycles. The molecule has 3 N–H and O–H groups in total. The van der Waals surface area contributed by atoms with Gasteiger partial charge in [-0.15, -0.1) is 0 Å². The van der Waals surface area contributed by atoms with E-state index in [0.29, 0.717) is 10.9 Å². The standard InChI is InChI=1S/C14H18N2O5/c1-16(13(17)21-9-20-2)8-14(18,19)11-7-15-12-6-4-3-5-10(11)12/h3-7,15,18-19H,8-9H2,1-2H3. The number of aromatic nitrogens is 1. The largest absolute Gasteiger partial charge is 0.422 e. The van der Waals surface area contributed by atoms with Crippen LogP contribution in [0.1, 0.15) is 5.56 Å². The molecule has 21 heavy (non-hydrogen) atoms. The molecular formula is C14H18N2O5. The van der Waals surface area contributed by atoms with Crippen LogP contribution in [0.15, 0.2) is 30.5 Å². The number of hydrogen-bond donors (Lipinski definition) is 3. The highest BCUT2D eigenvalue weighted by atomic mass is 16.7. The molecule has 0 bridgehead atoms. The van der Waals surface area contributed by atoms with Gasteiger partial charge >= 0.3 is 6.09 Å². The number of fused-ring (bicyclic) bond motifs is 1. The number of benzene rings is 1. The zero-order valence-electron chi connectivity index (χ0n) is 11.9. The van der Waals surface area contributed by atoms with Crippen LogP contribution < -0.4 is 0 Å². The van der Waals surface area contributed by atoms with Crippen molar-refractivity contribution in [3.63, 3.8) is 0 Å². The molecule has 2 rings (SSSR count). The van der Waals surface area contributed by atoms with E-state index in [4.69, 9.17) is 4.74 Å². The third kappa shape index (κ3) is 3.33. The van der Waals surface area contributed by atoms with Crippen LogP contribution in [0.5, 0.6) is 0 Å². The Bertz CT molecular complexity index is 623. The molecule has 0 aliphatic carbocycles. The topological polar surface area (TPSA) is 95.0 Å². The fraction of sp³-hybridized carbons (Fsp3) is 0.357. The summed E-state index contributed by atoms with van der Waals surface area (Å²) in [5, 5.41) is 21.2. The van der Waals surface area contributed by atoms with Crippen LogP contribution in [0.25, 0.3) is 10.9 Å². The second kappa shape index (κ2) is 6.13. The average molecular weight is 294 g/mol. The summed E-state index contributed by atoms with van der Waals surface area (Å²) in [5.41, 5.74) is 1.08. The minimum atomic E-state index is -2.19. The predicted octanol–water partition coefficient (Wildman–Crippen LogP) is 0.978. The Morgan fingerprint density at radius 1 is 1.38 bits per heavy atom. The molecule has 0 saturated carbocycles. The van der Waals surface area contributed by atoms with Crippen LogP contribution in [-0.4, -0.2) is 53.7 Å². The Hall–Kier alpha value is -2.09. The van der Waals surface area contributed by atoms with E-state index in [1.54, 1.807) is 12.1 Å². The number of nitrogens with one attached hydrogen (secondary N) is 1. The summed E-state index contributed by atoms with van der Waals surface area (Å²) in [6, 6.07) is 7.23. The number of aromatic amines is 1. The first-order chi connectivity index (χ1) is 9.95. The fourth-order valence-corrected chi connectivity index (χ4v) is 2.10. The molecule has 0 atom stereocenters. The molecule has 0 radical (unpaired) electrons. The van der Waals surface area contributed by atoms with Crippen LogP contribution in [0.4, 0.5) is 4.79 Å². The summed E-state index contributed by atoms with van der Waals surface area (Å²) in [7, 11) is 2.80. The predicted molar refractivity (Wildman–Crippen MR) is 75.4 cm³/mol. The third-order valence-electron chi connectivity index (χ3n) is 3.09. The molecule has 7 nitrogen and oxygen atoms in total. The maximum absolute atomic E-state index is 11.6. The maximum atomic E-state index is 11.6. The molecule has 1 aromatic carbocycles. The van der Waals surface area contributed by atoms with Gasteiger partial charge in [-0.05, 0) is 6.07 Å². The number of methoxy groups -OCH3 is 1. The maximum Gasteiger partial charge on any atom is 0.411 e. The zero-order chi connectivity index (χ0) is 15.5. The van der Waals surface area contributed by atoms with E-state index in [1.807, 2.05) is 12.1 Å². The van der Waals surface area contributed by atoms with E-state index >= 15 is 0 Å². The molecule has 1 amide bonds. The highest BCUT2D eigenvalue weighted by Crippen LogP contribution is 2.27. The van der Waals surface area contributed by atoms with Gasteiger partial charge in [-0.25, -0.2) is 4.79 Å². The number of hydrogen-bond acceptors (Lipinski definition) is 5. The van der Waals surface area contributed by atoms with Gasteiger partial charge in [0, 0.05) is 36.8 Å². The summed E-state index contributed by atoms with van der Waals surface area (Å²) < 4.78 is 9.36. The first-order valence-electron chi connectivity index (χ1n) is 6.34. The number of aliphatic hydroxyl groups is 2. The van der Waals surface area contributed by atoms with E-state index in [9.17, 15) is 15.0 Å². The lowest BCUT2D eigenvalue weighted by molar-refractivity contribution is -0.177. The average Bonchev–Trinajstić information content (AvgIpc) is 2.88. The lowest BCUT2D eigenvalue weighted by Crippen LogP contribution is -2.42. The molecule has 0 aliphatic heterocycles. The number of ether oxygens (including phenoxy) is 2. The van der Waals surface area contributed by atoms with Gasteiger partial charge in [-0.3, -0.25) is 0 Å². The molecule has 7 heteroatoms. The molecule has 114 valence electrons. The monoisotopic (exact) mass is 294 g/mol. The van der Waals surface area contributed by atoms with Crippen LogP contribution >= 0.6 is 0 Å². The molecule has 0 aliphatic rings. The summed E-state index contributed by atoms with van der Waals surface area (Å²) in [5.74, 6) is -2.19. The van der Waals surface area contributed by atoms with E-state index in [1.165, 1.54) is 20.4 Å². The molecule has 0 saturated heterocycles. The number of para-hydroxylation sites is 1. The smallest absolute Gasteiger partial charge is 0.411 e. The number of carbonyl (C=O) groups is 1. The van der Waals surface area contributed by atoms with Gasteiger partial charge in [0.15, 0.2) is 6.79 Å². The van der Waals surface area contributed by atoms with Gasteiger partial charge in [0.05, 0.1) is 6.54 Å². The van der Waals surface area contributed by atoms with Crippen molar-refractivity contribution < 1.29 is 24.5 Å². The highest BCUT2D eigenvalue weighted by Gasteiger charge is 2.32. The molecular weight excluding hydrogens is 276 g/mol. The number of amides is 1. The van der Waals surface area contributed by atoms with Crippen LogP contribution in [0, 0.1) is 0 Å². The second-order valence-corrected chi connectivity index (χ2v) is 4.74. The van der Waals surface area contributed by atoms with Crippen molar-refractivity contribution in [2.24, 2.45) is 0 Å². The Morgan fingerprint density at radius 2 is 2.10 bits per heavy atom. The van der Waals surface area contributed by atoms with Gasteiger partial charge in [0.1, 0.15) is 0 Å². The van der Waals surface area contributed by atoms with Crippen molar-refractivity contribution in [1.29, 1.82) is 0 Å². The van der Waals surface area contributed by atoms with E-state index in [2.05, 4.69) is 9.72 Å². The zero-order valence-corrected chi connectivity index (χ0v) is 11.9. The molecule has 0 unspecified atom stereocenters. The van der Waals surface area contributed by atoms with E-state index in [-0.39, 0.29) is 13.3 Å². The Balaban J connectivity index is 2.16. The highest BCUT2D eigenvalue weighted by molar-refractivity contribution is 5.83. The fourth-order valence-electron chi connectivity index (χ4n) is 2.10. The Labute approximate surface area is 121 Å². The van der Waals surface area contributed by atoms with E-state index in [0.717, 1.165) is 10.4 Å². The van der Waals surface area contributed by atoms with Crippen LogP contribution in [0.3, 0.4) is 0 Å². The normalized spacial score (nSPS) is 11.6. The molecule has 2 aromatic rings. The Kier molecular flexibility index (Phi) is 4.46. The van der Waals surface area contributed by atoms with Crippen molar-refractivity contribution in [2.75, 3.05) is 27.5 Å². The summed E-state index contributed by atoms with van der Waals surface area (Å²) >= 11 is 0. The van der Waals surface area contributed by atoms with Crippen molar-refractivity contribution in [1.82, 2.24) is 9.88 Å². The van der Waals surface area contributed by atoms with Gasteiger partial charge in [0.25, 0.3) is 0 Å². The lowest BCUT2D eigenvalue weighted by atomic mass is 10.0. The minimum absolute atomic E-state index is 0.194. The third-order valence-corrected chi connectivity index (χ3v) is 3.09. The van der Waals surface area contributed by atoms with Crippen molar-refractivity contribution in [3.8, 4) is 0 Å². The summed E-state index contributed by atoms with van der Waals surface area (Å²) in [4.78, 5) is 15.6. The van der Waals surface area contributed by atoms with Gasteiger partial charge < -0.3 is 29.6 Å². The Morgan fingerprint density at radius 3 is 2.81 bits per heavy atom. The van der Waals surface area contributed by atoms with Gasteiger partial charge in [-0.1, -0.05) is 18.2 Å². The van der Waals surface area contributed by atoms with Crippen LogP contribution in [-0.2, 0) is 15.3 Å². The number of rotatable bonds is 5. The van der Waals surface area contributed by atoms with Crippen molar-refractivity contribution in [2.45, 2.75) is 5.79 Å². The van der Waals surface area contributed by atoms with Crippen molar-refractivity contribution >= 4 is 17.0 Å². The summed E-state index contributed by atoms with van der Waals surface area (Å²) in [6.07, 6.45) is 0.808. The van der Waals surface area contributed by atoms with Gasteiger partial charge in [-0.2, -0.15) is 0 Å². The van der Waals surface area contributed by atoms with Gasteiger partial charge in [0.2, 0.25) is 5.79 Å². The number of likely N-dealkylation sites (N-methyl/N-ethyl adjacent to an activating group) is 1. The molecule has 0 spiro atoms. The first-order valence-corrected chi connectivity index (χ1v) is 6.34. The number of nitrogens with zero attached hydrogens (tertiary/aromatic N) is 1. The SMILES string of the molecule is COCOC(=O)N(C)CC(O)(O)c1c[nH]c2ccccc12. The minimum Gasteiger partial charge on any atom is -0.422 e. The number of carbonyl (C=O) groups excluding carboxylic acids is 1. The van der Waals surface area contributed by atoms with E-state index < -0.39 is 11.9 Å². The number of H-pyrrole nitrogens is 1. The quantitative estimate of drug-likeness (QED) is 0.714. The summed E-state index contributed by atoms with van der Waals surface area (Å²) in [6.45, 7) is -0.530. The molecule has 0 fully saturated rings. The lowest BCUT2D eigenvalue weighted by Gasteiger charge is -2.27. The second-order valence-electron chi connectivity index (χ2n) is 4.74. The van der Waals surface area contributed by atoms with Crippen molar-refractivity contribution in [3.05, 3.63) is 36.0 Å². The van der Waals surface area contributed by atoms with Crippen LogP contribution in [0.2, 0.25) is 0 Å². The first kappa shape index (κ1) is 15.3.